The Hall–Kier alpha value is -2.21. The van der Waals surface area contributed by atoms with Crippen LogP contribution in [-0.4, -0.2) is 23.2 Å². The van der Waals surface area contributed by atoms with Crippen molar-refractivity contribution < 1.29 is 14.3 Å². The van der Waals surface area contributed by atoms with Gasteiger partial charge in [-0.2, -0.15) is 0 Å². The lowest BCUT2D eigenvalue weighted by atomic mass is 10.0. The number of carbonyl (C=O) groups excluding carboxylic acids is 1. The molecule has 1 N–H and O–H groups in total. The van der Waals surface area contributed by atoms with Crippen molar-refractivity contribution in [1.29, 1.82) is 0 Å². The van der Waals surface area contributed by atoms with Gasteiger partial charge in [0, 0.05) is 11.6 Å². The van der Waals surface area contributed by atoms with Crippen LogP contribution in [0.5, 0.6) is 5.75 Å². The summed E-state index contributed by atoms with van der Waals surface area (Å²) in [6, 6.07) is 7.42. The van der Waals surface area contributed by atoms with E-state index < -0.39 is 6.10 Å². The summed E-state index contributed by atoms with van der Waals surface area (Å²) < 4.78 is 10.7. The zero-order valence-corrected chi connectivity index (χ0v) is 10.9. The van der Waals surface area contributed by atoms with Crippen LogP contribution in [0.2, 0.25) is 0 Å². The van der Waals surface area contributed by atoms with E-state index in [4.69, 9.17) is 21.7 Å². The number of fused-ring (bicyclic) bond motifs is 1. The van der Waals surface area contributed by atoms with Crippen molar-refractivity contribution in [1.82, 2.24) is 10.3 Å². The molecule has 2 heterocycles. The molecule has 1 saturated heterocycles. The van der Waals surface area contributed by atoms with Gasteiger partial charge in [-0.05, 0) is 30.4 Å². The third kappa shape index (κ3) is 1.90. The van der Waals surface area contributed by atoms with E-state index in [9.17, 15) is 4.79 Å². The van der Waals surface area contributed by atoms with Gasteiger partial charge in [0.1, 0.15) is 5.75 Å². The Labute approximate surface area is 114 Å². The normalized spacial score (nSPS) is 18.3. The van der Waals surface area contributed by atoms with Crippen LogP contribution in [0.1, 0.15) is 11.7 Å². The topological polar surface area (TPSA) is 60.5 Å². The minimum atomic E-state index is -0.818. The van der Waals surface area contributed by atoms with Gasteiger partial charge in [0.05, 0.1) is 18.2 Å². The second-order valence-corrected chi connectivity index (χ2v) is 4.40. The summed E-state index contributed by atoms with van der Waals surface area (Å²) in [4.78, 5) is 16.2. The van der Waals surface area contributed by atoms with Crippen molar-refractivity contribution >= 4 is 34.2 Å². The van der Waals surface area contributed by atoms with Crippen LogP contribution < -0.4 is 10.1 Å². The highest BCUT2D eigenvalue weighted by molar-refractivity contribution is 7.80. The number of aromatic nitrogens is 1. The van der Waals surface area contributed by atoms with Gasteiger partial charge in [-0.1, -0.05) is 6.07 Å². The molecule has 6 heteroatoms. The maximum atomic E-state index is 11.9. The van der Waals surface area contributed by atoms with Crippen molar-refractivity contribution in [2.24, 2.45) is 0 Å². The predicted molar refractivity (Wildman–Crippen MR) is 72.9 cm³/mol. The lowest BCUT2D eigenvalue weighted by molar-refractivity contribution is -0.123. The highest BCUT2D eigenvalue weighted by Gasteiger charge is 2.35. The molecule has 3 rings (SSSR count). The number of hydrogen-bond acceptors (Lipinski definition) is 5. The SMILES string of the molecule is COc1ccc2cccnc2c1C1OC(=S)NC1=O. The first-order valence-corrected chi connectivity index (χ1v) is 6.04. The van der Waals surface area contributed by atoms with Crippen molar-refractivity contribution in [3.05, 3.63) is 36.0 Å². The summed E-state index contributed by atoms with van der Waals surface area (Å²) in [5.74, 6) is 0.248. The molecule has 1 aromatic heterocycles. The first kappa shape index (κ1) is 11.9. The summed E-state index contributed by atoms with van der Waals surface area (Å²) >= 11 is 4.86. The molecule has 1 aromatic carbocycles. The van der Waals surface area contributed by atoms with E-state index in [0.717, 1.165) is 5.39 Å². The molecule has 1 aliphatic heterocycles. The highest BCUT2D eigenvalue weighted by Crippen LogP contribution is 2.35. The fourth-order valence-corrected chi connectivity index (χ4v) is 2.32. The van der Waals surface area contributed by atoms with E-state index in [1.165, 1.54) is 0 Å². The number of hydrogen-bond donors (Lipinski definition) is 1. The van der Waals surface area contributed by atoms with Crippen LogP contribution in [0.4, 0.5) is 0 Å². The number of methoxy groups -OCH3 is 1. The van der Waals surface area contributed by atoms with Crippen molar-refractivity contribution in [2.75, 3.05) is 7.11 Å². The number of nitrogens with one attached hydrogen (secondary N) is 1. The number of pyridine rings is 1. The van der Waals surface area contributed by atoms with E-state index in [0.29, 0.717) is 16.8 Å². The van der Waals surface area contributed by atoms with Crippen LogP contribution in [0.15, 0.2) is 30.5 Å². The summed E-state index contributed by atoms with van der Waals surface area (Å²) in [6.07, 6.45) is 0.845. The highest BCUT2D eigenvalue weighted by atomic mass is 32.1. The van der Waals surface area contributed by atoms with E-state index in [2.05, 4.69) is 10.3 Å². The fraction of sp³-hybridized carbons (Fsp3) is 0.154. The Morgan fingerprint density at radius 2 is 2.26 bits per heavy atom. The van der Waals surface area contributed by atoms with E-state index in [1.54, 1.807) is 19.4 Å². The second-order valence-electron chi connectivity index (χ2n) is 4.03. The van der Waals surface area contributed by atoms with Crippen molar-refractivity contribution in [3.63, 3.8) is 0 Å². The summed E-state index contributed by atoms with van der Waals surface area (Å²) in [5, 5.41) is 3.45. The standard InChI is InChI=1S/C13H10N2O3S/c1-17-8-5-4-7-3-2-6-14-10(7)9(8)11-12(16)15-13(19)18-11/h2-6,11H,1H3,(H,15,16,19). The maximum absolute atomic E-state index is 11.9. The molecule has 19 heavy (non-hydrogen) atoms. The molecule has 0 aliphatic carbocycles. The third-order valence-electron chi connectivity index (χ3n) is 2.94. The molecule has 1 atom stereocenters. The Balaban J connectivity index is 2.25. The molecule has 2 aromatic rings. The van der Waals surface area contributed by atoms with E-state index in [-0.39, 0.29) is 11.1 Å². The molecular weight excluding hydrogens is 264 g/mol. The monoisotopic (exact) mass is 274 g/mol. The fourth-order valence-electron chi connectivity index (χ4n) is 2.13. The number of amides is 1. The van der Waals surface area contributed by atoms with Gasteiger partial charge in [-0.25, -0.2) is 0 Å². The Morgan fingerprint density at radius 1 is 1.42 bits per heavy atom. The quantitative estimate of drug-likeness (QED) is 0.845. The summed E-state index contributed by atoms with van der Waals surface area (Å²) in [5.41, 5.74) is 1.27. The van der Waals surface area contributed by atoms with Gasteiger partial charge in [0.2, 0.25) is 6.10 Å². The second kappa shape index (κ2) is 4.47. The van der Waals surface area contributed by atoms with Gasteiger partial charge < -0.3 is 9.47 Å². The third-order valence-corrected chi connectivity index (χ3v) is 3.14. The van der Waals surface area contributed by atoms with Crippen molar-refractivity contribution in [3.8, 4) is 5.75 Å². The summed E-state index contributed by atoms with van der Waals surface area (Å²) in [7, 11) is 1.54. The average Bonchev–Trinajstić information content (AvgIpc) is 2.76. The lowest BCUT2D eigenvalue weighted by Crippen LogP contribution is -2.20. The average molecular weight is 274 g/mol. The number of ether oxygens (including phenoxy) is 2. The Kier molecular flexibility index (Phi) is 2.79. The number of thiocarbonyl (C=S) groups is 1. The lowest BCUT2D eigenvalue weighted by Gasteiger charge is -2.14. The number of nitrogens with zero attached hydrogens (tertiary/aromatic N) is 1. The largest absolute Gasteiger partial charge is 0.496 e. The molecule has 0 saturated carbocycles. The Morgan fingerprint density at radius 3 is 2.95 bits per heavy atom. The molecule has 1 aliphatic rings. The molecule has 0 spiro atoms. The molecule has 1 fully saturated rings. The molecule has 96 valence electrons. The van der Waals surface area contributed by atoms with Gasteiger partial charge in [-0.15, -0.1) is 0 Å². The molecule has 0 radical (unpaired) electrons. The van der Waals surface area contributed by atoms with Crippen LogP contribution in [-0.2, 0) is 9.53 Å². The van der Waals surface area contributed by atoms with Crippen LogP contribution in [0.25, 0.3) is 10.9 Å². The number of benzene rings is 1. The van der Waals surface area contributed by atoms with Crippen LogP contribution >= 0.6 is 12.2 Å². The number of carbonyl (C=O) groups is 1. The van der Waals surface area contributed by atoms with Gasteiger partial charge >= 0.3 is 0 Å². The Bertz CT molecular complexity index is 687. The first-order chi connectivity index (χ1) is 9.20. The van der Waals surface area contributed by atoms with Crippen LogP contribution in [0.3, 0.4) is 0 Å². The molecular formula is C13H10N2O3S. The molecule has 1 unspecified atom stereocenters. The smallest absolute Gasteiger partial charge is 0.273 e. The van der Waals surface area contributed by atoms with E-state index >= 15 is 0 Å². The predicted octanol–water partition coefficient (Wildman–Crippen LogP) is 1.72. The summed E-state index contributed by atoms with van der Waals surface area (Å²) in [6.45, 7) is 0. The van der Waals surface area contributed by atoms with Crippen molar-refractivity contribution in [2.45, 2.75) is 6.10 Å². The minimum absolute atomic E-state index is 0.0741. The maximum Gasteiger partial charge on any atom is 0.273 e. The molecule has 1 amide bonds. The zero-order valence-electron chi connectivity index (χ0n) is 10.0. The van der Waals surface area contributed by atoms with Gasteiger partial charge in [0.25, 0.3) is 11.1 Å². The molecule has 5 nitrogen and oxygen atoms in total. The zero-order chi connectivity index (χ0) is 13.4. The number of rotatable bonds is 2. The van der Waals surface area contributed by atoms with Crippen LogP contribution in [0, 0.1) is 0 Å². The van der Waals surface area contributed by atoms with Gasteiger partial charge in [-0.3, -0.25) is 15.1 Å². The van der Waals surface area contributed by atoms with E-state index in [1.807, 2.05) is 18.2 Å². The minimum Gasteiger partial charge on any atom is -0.496 e. The first-order valence-electron chi connectivity index (χ1n) is 5.64. The molecule has 0 bridgehead atoms. The van der Waals surface area contributed by atoms with Gasteiger partial charge in [0.15, 0.2) is 0 Å².